The number of sulfonamides is 1. The number of amides is 1. The Balaban J connectivity index is 2.07. The van der Waals surface area contributed by atoms with Gasteiger partial charge in [-0.25, -0.2) is 8.42 Å². The first-order valence-corrected chi connectivity index (χ1v) is 10.5. The summed E-state index contributed by atoms with van der Waals surface area (Å²) in [4.78, 5) is 11.6. The third-order valence-electron chi connectivity index (χ3n) is 4.77. The molecule has 0 radical (unpaired) electrons. The molecule has 0 aliphatic carbocycles. The molecule has 3 rings (SSSR count). The van der Waals surface area contributed by atoms with Gasteiger partial charge < -0.3 is 4.52 Å². The predicted octanol–water partition coefficient (Wildman–Crippen LogP) is 4.33. The Morgan fingerprint density at radius 1 is 1.03 bits per heavy atom. The summed E-state index contributed by atoms with van der Waals surface area (Å²) >= 11 is 0. The van der Waals surface area contributed by atoms with Crippen molar-refractivity contribution >= 4 is 27.5 Å². The van der Waals surface area contributed by atoms with Crippen molar-refractivity contribution in [2.75, 3.05) is 10.0 Å². The fourth-order valence-corrected chi connectivity index (χ4v) is 4.46. The SMILES string of the molecule is CC(=O)Nc1onc(C)c1-c1ccc(C)c(S(=O)(=O)Nc2cccc(C)c2C)c1. The maximum Gasteiger partial charge on any atom is 0.262 e. The van der Waals surface area contributed by atoms with Gasteiger partial charge in [-0.3, -0.25) is 14.8 Å². The molecule has 1 aromatic heterocycles. The van der Waals surface area contributed by atoms with E-state index < -0.39 is 10.0 Å². The van der Waals surface area contributed by atoms with Crippen LogP contribution in [0.1, 0.15) is 29.3 Å². The van der Waals surface area contributed by atoms with Crippen molar-refractivity contribution in [3.05, 3.63) is 58.8 Å². The van der Waals surface area contributed by atoms with Gasteiger partial charge in [0.1, 0.15) is 0 Å². The summed E-state index contributed by atoms with van der Waals surface area (Å²) < 4.78 is 34.1. The molecule has 0 bridgehead atoms. The van der Waals surface area contributed by atoms with Crippen molar-refractivity contribution < 1.29 is 17.7 Å². The molecule has 0 unspecified atom stereocenters. The molecule has 7 nitrogen and oxygen atoms in total. The molecule has 3 aromatic rings. The molecule has 8 heteroatoms. The number of benzene rings is 2. The van der Waals surface area contributed by atoms with Crippen LogP contribution in [-0.2, 0) is 14.8 Å². The van der Waals surface area contributed by atoms with Gasteiger partial charge in [0.05, 0.1) is 21.8 Å². The van der Waals surface area contributed by atoms with E-state index >= 15 is 0 Å². The van der Waals surface area contributed by atoms with Crippen LogP contribution in [-0.4, -0.2) is 19.5 Å². The summed E-state index contributed by atoms with van der Waals surface area (Å²) in [5.74, 6) is -0.122. The molecule has 2 aromatic carbocycles. The second-order valence-electron chi connectivity index (χ2n) is 6.99. The zero-order valence-corrected chi connectivity index (χ0v) is 17.8. The zero-order valence-electron chi connectivity index (χ0n) is 17.0. The number of carbonyl (C=O) groups excluding carboxylic acids is 1. The topological polar surface area (TPSA) is 101 Å². The van der Waals surface area contributed by atoms with Gasteiger partial charge in [0, 0.05) is 6.92 Å². The van der Waals surface area contributed by atoms with E-state index in [2.05, 4.69) is 15.2 Å². The number of nitrogens with one attached hydrogen (secondary N) is 2. The number of hydrogen-bond acceptors (Lipinski definition) is 5. The first kappa shape index (κ1) is 20.6. The lowest BCUT2D eigenvalue weighted by atomic mass is 10.0. The van der Waals surface area contributed by atoms with Crippen LogP contribution in [0, 0.1) is 27.7 Å². The fourth-order valence-electron chi connectivity index (χ4n) is 3.06. The highest BCUT2D eigenvalue weighted by Gasteiger charge is 2.22. The third-order valence-corrected chi connectivity index (χ3v) is 6.28. The molecular weight excluding hydrogens is 390 g/mol. The van der Waals surface area contributed by atoms with Crippen molar-refractivity contribution in [3.8, 4) is 11.1 Å². The third kappa shape index (κ3) is 4.17. The monoisotopic (exact) mass is 413 g/mol. The van der Waals surface area contributed by atoms with E-state index in [0.29, 0.717) is 28.1 Å². The average molecular weight is 413 g/mol. The Kier molecular flexibility index (Phi) is 5.48. The van der Waals surface area contributed by atoms with Gasteiger partial charge in [0.25, 0.3) is 10.0 Å². The second kappa shape index (κ2) is 7.71. The lowest BCUT2D eigenvalue weighted by Gasteiger charge is -2.14. The number of aromatic nitrogens is 1. The largest absolute Gasteiger partial charge is 0.337 e. The van der Waals surface area contributed by atoms with E-state index in [1.165, 1.54) is 6.92 Å². The van der Waals surface area contributed by atoms with Crippen LogP contribution in [0.25, 0.3) is 11.1 Å². The number of nitrogens with zero attached hydrogens (tertiary/aromatic N) is 1. The van der Waals surface area contributed by atoms with Crippen LogP contribution in [0.15, 0.2) is 45.8 Å². The van der Waals surface area contributed by atoms with Crippen molar-refractivity contribution in [3.63, 3.8) is 0 Å². The standard InChI is InChI=1S/C21H23N3O4S/c1-12-7-6-8-18(14(12)3)24-29(26,27)19-11-17(10-9-13(19)2)20-15(4)23-28-21(20)22-16(5)25/h6-11,24H,1-5H3,(H,22,25). The molecule has 0 spiro atoms. The smallest absolute Gasteiger partial charge is 0.262 e. The van der Waals surface area contributed by atoms with Crippen molar-refractivity contribution in [1.29, 1.82) is 0 Å². The Morgan fingerprint density at radius 2 is 1.76 bits per heavy atom. The fraction of sp³-hybridized carbons (Fsp3) is 0.238. The normalized spacial score (nSPS) is 11.3. The Bertz CT molecular complexity index is 1200. The summed E-state index contributed by atoms with van der Waals surface area (Å²) in [6.07, 6.45) is 0. The molecule has 1 amide bonds. The highest BCUT2D eigenvalue weighted by molar-refractivity contribution is 7.92. The summed E-state index contributed by atoms with van der Waals surface area (Å²) in [5, 5.41) is 6.48. The van der Waals surface area contributed by atoms with E-state index in [4.69, 9.17) is 4.52 Å². The van der Waals surface area contributed by atoms with Crippen molar-refractivity contribution in [2.45, 2.75) is 39.5 Å². The minimum atomic E-state index is -3.83. The maximum absolute atomic E-state index is 13.1. The van der Waals surface area contributed by atoms with Crippen LogP contribution in [0.2, 0.25) is 0 Å². The Morgan fingerprint density at radius 3 is 2.45 bits per heavy atom. The van der Waals surface area contributed by atoms with Gasteiger partial charge in [0.15, 0.2) is 0 Å². The number of carbonyl (C=O) groups is 1. The van der Waals surface area contributed by atoms with Crippen molar-refractivity contribution in [1.82, 2.24) is 5.16 Å². The van der Waals surface area contributed by atoms with E-state index in [-0.39, 0.29) is 16.7 Å². The van der Waals surface area contributed by atoms with E-state index in [1.807, 2.05) is 26.0 Å². The predicted molar refractivity (Wildman–Crippen MR) is 112 cm³/mol. The molecule has 0 saturated carbocycles. The molecule has 29 heavy (non-hydrogen) atoms. The van der Waals surface area contributed by atoms with Crippen LogP contribution in [0.4, 0.5) is 11.6 Å². The van der Waals surface area contributed by atoms with Crippen LogP contribution < -0.4 is 10.0 Å². The quantitative estimate of drug-likeness (QED) is 0.648. The van der Waals surface area contributed by atoms with Gasteiger partial charge >= 0.3 is 0 Å². The molecule has 0 aliphatic heterocycles. The highest BCUT2D eigenvalue weighted by atomic mass is 32.2. The van der Waals surface area contributed by atoms with Crippen LogP contribution in [0.5, 0.6) is 0 Å². The van der Waals surface area contributed by atoms with E-state index in [9.17, 15) is 13.2 Å². The van der Waals surface area contributed by atoms with Gasteiger partial charge in [-0.2, -0.15) is 0 Å². The number of aryl methyl sites for hydroxylation is 3. The highest BCUT2D eigenvalue weighted by Crippen LogP contribution is 2.34. The molecule has 0 fully saturated rings. The van der Waals surface area contributed by atoms with Gasteiger partial charge in [-0.15, -0.1) is 0 Å². The number of hydrogen-bond donors (Lipinski definition) is 2. The van der Waals surface area contributed by atoms with E-state index in [0.717, 1.165) is 11.1 Å². The number of rotatable bonds is 5. The zero-order chi connectivity index (χ0) is 21.3. The molecule has 0 saturated heterocycles. The number of anilines is 2. The average Bonchev–Trinajstić information content (AvgIpc) is 2.99. The minimum absolute atomic E-state index is 0.144. The first-order valence-electron chi connectivity index (χ1n) is 9.04. The molecule has 0 atom stereocenters. The summed E-state index contributed by atoms with van der Waals surface area (Å²) in [5.41, 5.74) is 4.67. The molecule has 152 valence electrons. The van der Waals surface area contributed by atoms with Crippen LogP contribution >= 0.6 is 0 Å². The van der Waals surface area contributed by atoms with E-state index in [1.54, 1.807) is 38.1 Å². The molecule has 0 aliphatic rings. The van der Waals surface area contributed by atoms with Crippen molar-refractivity contribution in [2.24, 2.45) is 0 Å². The Labute approximate surface area is 170 Å². The Hall–Kier alpha value is -3.13. The first-order chi connectivity index (χ1) is 13.6. The van der Waals surface area contributed by atoms with Gasteiger partial charge in [0.2, 0.25) is 11.8 Å². The van der Waals surface area contributed by atoms with Crippen LogP contribution in [0.3, 0.4) is 0 Å². The maximum atomic E-state index is 13.1. The van der Waals surface area contributed by atoms with Gasteiger partial charge in [-0.05, 0) is 62.1 Å². The second-order valence-corrected chi connectivity index (χ2v) is 8.64. The summed E-state index contributed by atoms with van der Waals surface area (Å²) in [7, 11) is -3.83. The molecule has 2 N–H and O–H groups in total. The summed E-state index contributed by atoms with van der Waals surface area (Å²) in [6, 6.07) is 10.5. The molecule has 1 heterocycles. The molecular formula is C21H23N3O4S. The summed E-state index contributed by atoms with van der Waals surface area (Å²) in [6.45, 7) is 8.62. The minimum Gasteiger partial charge on any atom is -0.337 e. The lowest BCUT2D eigenvalue weighted by molar-refractivity contribution is -0.114. The lowest BCUT2D eigenvalue weighted by Crippen LogP contribution is -2.15. The van der Waals surface area contributed by atoms with Gasteiger partial charge in [-0.1, -0.05) is 29.4 Å².